The third-order valence-electron chi connectivity index (χ3n) is 4.63. The number of benzene rings is 2. The molecule has 0 unspecified atom stereocenters. The standard InChI is InChI=1S/C20H24N2O2/c1-14-9-15(2)13-22(12-14)19(23)11-21-20(24)18-8-7-16-5-3-4-6-17(16)10-18/h3-8,10,14-15H,9,11-13H2,1-2H3,(H,21,24)/t14-,15-/m1/s1. The van der Waals surface area contributed by atoms with Crippen LogP contribution in [0.1, 0.15) is 30.6 Å². The van der Waals surface area contributed by atoms with Crippen LogP contribution in [0.2, 0.25) is 0 Å². The van der Waals surface area contributed by atoms with E-state index in [1.54, 1.807) is 6.07 Å². The Morgan fingerprint density at radius 3 is 2.42 bits per heavy atom. The van der Waals surface area contributed by atoms with Gasteiger partial charge < -0.3 is 10.2 Å². The van der Waals surface area contributed by atoms with E-state index >= 15 is 0 Å². The van der Waals surface area contributed by atoms with Crippen molar-refractivity contribution in [2.24, 2.45) is 11.8 Å². The van der Waals surface area contributed by atoms with Gasteiger partial charge in [-0.2, -0.15) is 0 Å². The van der Waals surface area contributed by atoms with Gasteiger partial charge in [0.1, 0.15) is 0 Å². The molecular formula is C20H24N2O2. The fraction of sp³-hybridized carbons (Fsp3) is 0.400. The van der Waals surface area contributed by atoms with Gasteiger partial charge in [0.05, 0.1) is 6.54 Å². The van der Waals surface area contributed by atoms with Gasteiger partial charge in [0.25, 0.3) is 5.91 Å². The Hall–Kier alpha value is -2.36. The molecule has 0 aromatic heterocycles. The van der Waals surface area contributed by atoms with E-state index in [0.29, 0.717) is 17.4 Å². The lowest BCUT2D eigenvalue weighted by atomic mass is 9.92. The number of rotatable bonds is 3. The Balaban J connectivity index is 1.60. The van der Waals surface area contributed by atoms with Crippen molar-refractivity contribution in [1.82, 2.24) is 10.2 Å². The lowest BCUT2D eigenvalue weighted by molar-refractivity contribution is -0.132. The topological polar surface area (TPSA) is 49.4 Å². The third kappa shape index (κ3) is 3.75. The number of likely N-dealkylation sites (tertiary alicyclic amines) is 1. The predicted octanol–water partition coefficient (Wildman–Crippen LogP) is 3.07. The van der Waals surface area contributed by atoms with Gasteiger partial charge in [0.2, 0.25) is 5.91 Å². The molecule has 1 fully saturated rings. The minimum Gasteiger partial charge on any atom is -0.343 e. The number of piperidine rings is 1. The van der Waals surface area contributed by atoms with E-state index in [2.05, 4.69) is 19.2 Å². The normalized spacial score (nSPS) is 20.8. The molecule has 126 valence electrons. The molecule has 2 aromatic rings. The molecule has 0 radical (unpaired) electrons. The zero-order valence-electron chi connectivity index (χ0n) is 14.3. The van der Waals surface area contributed by atoms with Crippen LogP contribution in [-0.4, -0.2) is 36.3 Å². The Bertz CT molecular complexity index is 746. The van der Waals surface area contributed by atoms with Crippen LogP contribution >= 0.6 is 0 Å². The van der Waals surface area contributed by atoms with Crippen molar-refractivity contribution >= 4 is 22.6 Å². The van der Waals surface area contributed by atoms with Gasteiger partial charge in [0, 0.05) is 18.7 Å². The lowest BCUT2D eigenvalue weighted by Gasteiger charge is -2.35. The monoisotopic (exact) mass is 324 g/mol. The van der Waals surface area contributed by atoms with Gasteiger partial charge in [-0.3, -0.25) is 9.59 Å². The van der Waals surface area contributed by atoms with Crippen molar-refractivity contribution in [3.63, 3.8) is 0 Å². The molecule has 0 aliphatic carbocycles. The summed E-state index contributed by atoms with van der Waals surface area (Å²) in [6.45, 7) is 5.97. The molecule has 0 spiro atoms. The minimum absolute atomic E-state index is 0.00235. The van der Waals surface area contributed by atoms with E-state index in [1.165, 1.54) is 0 Å². The summed E-state index contributed by atoms with van der Waals surface area (Å²) in [4.78, 5) is 26.5. The van der Waals surface area contributed by atoms with Gasteiger partial charge in [-0.05, 0) is 41.2 Å². The molecule has 1 aliphatic heterocycles. The van der Waals surface area contributed by atoms with Crippen LogP contribution in [0.5, 0.6) is 0 Å². The molecule has 4 heteroatoms. The lowest BCUT2D eigenvalue weighted by Crippen LogP contribution is -2.46. The van der Waals surface area contributed by atoms with Crippen molar-refractivity contribution in [2.75, 3.05) is 19.6 Å². The fourth-order valence-electron chi connectivity index (χ4n) is 3.57. The molecular weight excluding hydrogens is 300 g/mol. The molecule has 2 amide bonds. The van der Waals surface area contributed by atoms with E-state index < -0.39 is 0 Å². The van der Waals surface area contributed by atoms with E-state index in [9.17, 15) is 9.59 Å². The summed E-state index contributed by atoms with van der Waals surface area (Å²) in [5.74, 6) is 0.845. The smallest absolute Gasteiger partial charge is 0.251 e. The average Bonchev–Trinajstić information content (AvgIpc) is 2.58. The minimum atomic E-state index is -0.202. The Morgan fingerprint density at radius 1 is 1.04 bits per heavy atom. The highest BCUT2D eigenvalue weighted by atomic mass is 16.2. The van der Waals surface area contributed by atoms with Crippen molar-refractivity contribution < 1.29 is 9.59 Å². The van der Waals surface area contributed by atoms with Gasteiger partial charge in [-0.25, -0.2) is 0 Å². The van der Waals surface area contributed by atoms with Gasteiger partial charge >= 0.3 is 0 Å². The summed E-state index contributed by atoms with van der Waals surface area (Å²) in [5.41, 5.74) is 0.585. The number of hydrogen-bond acceptors (Lipinski definition) is 2. The first-order valence-corrected chi connectivity index (χ1v) is 8.57. The van der Waals surface area contributed by atoms with Crippen molar-refractivity contribution in [2.45, 2.75) is 20.3 Å². The highest BCUT2D eigenvalue weighted by Crippen LogP contribution is 2.20. The molecule has 1 N–H and O–H groups in total. The Morgan fingerprint density at radius 2 is 1.71 bits per heavy atom. The molecule has 1 heterocycles. The number of carbonyl (C=O) groups excluding carboxylic acids is 2. The summed E-state index contributed by atoms with van der Waals surface area (Å²) in [6.07, 6.45) is 1.16. The van der Waals surface area contributed by atoms with Crippen LogP contribution in [0.4, 0.5) is 0 Å². The highest BCUT2D eigenvalue weighted by Gasteiger charge is 2.25. The zero-order valence-corrected chi connectivity index (χ0v) is 14.3. The first-order chi connectivity index (χ1) is 11.5. The number of carbonyl (C=O) groups is 2. The summed E-state index contributed by atoms with van der Waals surface area (Å²) >= 11 is 0. The van der Waals surface area contributed by atoms with Gasteiger partial charge in [0.15, 0.2) is 0 Å². The molecule has 24 heavy (non-hydrogen) atoms. The Kier molecular flexibility index (Phi) is 4.84. The second-order valence-corrected chi connectivity index (χ2v) is 6.99. The Labute approximate surface area is 142 Å². The summed E-state index contributed by atoms with van der Waals surface area (Å²) in [5, 5.41) is 4.88. The number of nitrogens with one attached hydrogen (secondary N) is 1. The largest absolute Gasteiger partial charge is 0.343 e. The molecule has 1 aliphatic rings. The number of amides is 2. The van der Waals surface area contributed by atoms with E-state index in [4.69, 9.17) is 0 Å². The maximum absolute atomic E-state index is 12.3. The quantitative estimate of drug-likeness (QED) is 0.943. The number of fused-ring (bicyclic) bond motifs is 1. The zero-order chi connectivity index (χ0) is 17.1. The maximum Gasteiger partial charge on any atom is 0.251 e. The van der Waals surface area contributed by atoms with Crippen LogP contribution in [0.3, 0.4) is 0 Å². The number of nitrogens with zero attached hydrogens (tertiary/aromatic N) is 1. The molecule has 4 nitrogen and oxygen atoms in total. The molecule has 2 aromatic carbocycles. The van der Waals surface area contributed by atoms with Crippen LogP contribution in [-0.2, 0) is 4.79 Å². The summed E-state index contributed by atoms with van der Waals surface area (Å²) in [6, 6.07) is 13.5. The predicted molar refractivity (Wildman–Crippen MR) is 95.8 cm³/mol. The molecule has 2 atom stereocenters. The fourth-order valence-corrected chi connectivity index (χ4v) is 3.57. The second-order valence-electron chi connectivity index (χ2n) is 6.99. The summed E-state index contributed by atoms with van der Waals surface area (Å²) < 4.78 is 0. The van der Waals surface area contributed by atoms with E-state index in [-0.39, 0.29) is 18.4 Å². The molecule has 1 saturated heterocycles. The van der Waals surface area contributed by atoms with Crippen LogP contribution < -0.4 is 5.32 Å². The first kappa shape index (κ1) is 16.5. The van der Waals surface area contributed by atoms with Crippen molar-refractivity contribution in [3.8, 4) is 0 Å². The first-order valence-electron chi connectivity index (χ1n) is 8.57. The summed E-state index contributed by atoms with van der Waals surface area (Å²) in [7, 11) is 0. The third-order valence-corrected chi connectivity index (χ3v) is 4.63. The van der Waals surface area contributed by atoms with Crippen LogP contribution in [0.15, 0.2) is 42.5 Å². The van der Waals surface area contributed by atoms with Crippen molar-refractivity contribution in [1.29, 1.82) is 0 Å². The molecule has 0 saturated carbocycles. The molecule has 3 rings (SSSR count). The van der Waals surface area contributed by atoms with E-state index in [1.807, 2.05) is 41.3 Å². The highest BCUT2D eigenvalue weighted by molar-refractivity contribution is 6.00. The number of hydrogen-bond donors (Lipinski definition) is 1. The van der Waals surface area contributed by atoms with Gasteiger partial charge in [-0.15, -0.1) is 0 Å². The second kappa shape index (κ2) is 7.04. The van der Waals surface area contributed by atoms with Gasteiger partial charge in [-0.1, -0.05) is 44.2 Å². The van der Waals surface area contributed by atoms with Crippen LogP contribution in [0, 0.1) is 11.8 Å². The molecule has 0 bridgehead atoms. The maximum atomic E-state index is 12.3. The van der Waals surface area contributed by atoms with Crippen molar-refractivity contribution in [3.05, 3.63) is 48.0 Å². The average molecular weight is 324 g/mol. The van der Waals surface area contributed by atoms with Crippen LogP contribution in [0.25, 0.3) is 10.8 Å². The van der Waals surface area contributed by atoms with E-state index in [0.717, 1.165) is 30.3 Å². The SMILES string of the molecule is C[C@@H]1C[C@@H](C)CN(C(=O)CNC(=O)c2ccc3ccccc3c2)C1.